The summed E-state index contributed by atoms with van der Waals surface area (Å²) in [7, 11) is 4.08. The first-order chi connectivity index (χ1) is 8.35. The minimum Gasteiger partial charge on any atom is -0.379 e. The van der Waals surface area contributed by atoms with Crippen molar-refractivity contribution < 1.29 is 9.53 Å². The van der Waals surface area contributed by atoms with Gasteiger partial charge in [-0.05, 0) is 32.9 Å². The molecule has 0 aromatic rings. The highest BCUT2D eigenvalue weighted by Crippen LogP contribution is 2.15. The van der Waals surface area contributed by atoms with Crippen molar-refractivity contribution in [3.8, 4) is 0 Å². The van der Waals surface area contributed by atoms with E-state index in [2.05, 4.69) is 24.1 Å². The van der Waals surface area contributed by atoms with Crippen LogP contribution < -0.4 is 11.1 Å². The van der Waals surface area contributed by atoms with Crippen LogP contribution in [0.15, 0.2) is 0 Å². The van der Waals surface area contributed by atoms with E-state index >= 15 is 0 Å². The first kappa shape index (κ1) is 15.4. The molecule has 0 bridgehead atoms. The van der Waals surface area contributed by atoms with E-state index in [0.29, 0.717) is 38.1 Å². The molecular weight excluding hydrogens is 230 g/mol. The maximum absolute atomic E-state index is 12.0. The Kier molecular flexibility index (Phi) is 5.56. The van der Waals surface area contributed by atoms with E-state index in [-0.39, 0.29) is 5.91 Å². The average Bonchev–Trinajstić information content (AvgIpc) is 2.71. The summed E-state index contributed by atoms with van der Waals surface area (Å²) in [6.07, 6.45) is 1.66. The zero-order valence-electron chi connectivity index (χ0n) is 12.0. The molecule has 0 aromatic carbocycles. The van der Waals surface area contributed by atoms with Gasteiger partial charge in [0.25, 0.3) is 0 Å². The number of hydrogen-bond donors (Lipinski definition) is 2. The first-order valence-electron chi connectivity index (χ1n) is 6.66. The maximum Gasteiger partial charge on any atom is 0.242 e. The second kappa shape index (κ2) is 6.50. The van der Waals surface area contributed by atoms with E-state index in [9.17, 15) is 4.79 Å². The summed E-state index contributed by atoms with van der Waals surface area (Å²) >= 11 is 0. The maximum atomic E-state index is 12.0. The molecule has 18 heavy (non-hydrogen) atoms. The van der Waals surface area contributed by atoms with Gasteiger partial charge < -0.3 is 20.7 Å². The Morgan fingerprint density at radius 3 is 2.61 bits per heavy atom. The van der Waals surface area contributed by atoms with Gasteiger partial charge in [0.1, 0.15) is 5.54 Å². The summed E-state index contributed by atoms with van der Waals surface area (Å²) in [6, 6.07) is 0.347. The molecule has 2 atom stereocenters. The second-order valence-corrected chi connectivity index (χ2v) is 5.92. The van der Waals surface area contributed by atoms with Gasteiger partial charge in [-0.15, -0.1) is 0 Å². The van der Waals surface area contributed by atoms with Crippen molar-refractivity contribution >= 4 is 5.91 Å². The molecule has 5 heteroatoms. The van der Waals surface area contributed by atoms with Gasteiger partial charge in [-0.2, -0.15) is 0 Å². The molecule has 0 aliphatic carbocycles. The highest BCUT2D eigenvalue weighted by Gasteiger charge is 2.38. The number of carbonyl (C=O) groups is 1. The molecule has 0 radical (unpaired) electrons. The lowest BCUT2D eigenvalue weighted by Gasteiger charge is -2.28. The smallest absolute Gasteiger partial charge is 0.242 e. The van der Waals surface area contributed by atoms with Gasteiger partial charge in [0.05, 0.1) is 6.61 Å². The number of ether oxygens (including phenoxy) is 1. The first-order valence-corrected chi connectivity index (χ1v) is 6.66. The molecule has 106 valence electrons. The third kappa shape index (κ3) is 4.23. The van der Waals surface area contributed by atoms with Gasteiger partial charge in [0, 0.05) is 19.2 Å². The molecule has 0 spiro atoms. The summed E-state index contributed by atoms with van der Waals surface area (Å²) in [6.45, 7) is 5.92. The van der Waals surface area contributed by atoms with Crippen LogP contribution in [0.5, 0.6) is 0 Å². The zero-order chi connectivity index (χ0) is 13.8. The van der Waals surface area contributed by atoms with Crippen LogP contribution in [0.2, 0.25) is 0 Å². The number of nitrogens with two attached hydrogens (primary N) is 1. The van der Waals surface area contributed by atoms with E-state index < -0.39 is 5.54 Å². The van der Waals surface area contributed by atoms with Crippen LogP contribution in [-0.2, 0) is 9.53 Å². The van der Waals surface area contributed by atoms with Crippen molar-refractivity contribution in [2.24, 2.45) is 11.7 Å². The summed E-state index contributed by atoms with van der Waals surface area (Å²) in [4.78, 5) is 14.2. The average molecular weight is 257 g/mol. The number of rotatable bonds is 6. The van der Waals surface area contributed by atoms with Crippen molar-refractivity contribution in [2.75, 3.05) is 33.9 Å². The van der Waals surface area contributed by atoms with Crippen molar-refractivity contribution in [3.63, 3.8) is 0 Å². The van der Waals surface area contributed by atoms with Crippen LogP contribution in [-0.4, -0.2) is 56.2 Å². The molecule has 3 N–H and O–H groups in total. The van der Waals surface area contributed by atoms with Crippen LogP contribution in [0.4, 0.5) is 0 Å². The molecule has 1 amide bonds. The standard InChI is InChI=1S/C13H27N3O2/c1-10(2)7-11(16(3)4)8-15-12(17)13(14)5-6-18-9-13/h10-11H,5-9,14H2,1-4H3,(H,15,17). The molecule has 0 aromatic heterocycles. The van der Waals surface area contributed by atoms with Crippen molar-refractivity contribution in [3.05, 3.63) is 0 Å². The van der Waals surface area contributed by atoms with Crippen LogP contribution in [0, 0.1) is 5.92 Å². The van der Waals surface area contributed by atoms with E-state index in [1.807, 2.05) is 14.1 Å². The fourth-order valence-electron chi connectivity index (χ4n) is 2.17. The molecule has 1 rings (SSSR count). The van der Waals surface area contributed by atoms with Crippen LogP contribution in [0.3, 0.4) is 0 Å². The summed E-state index contributed by atoms with van der Waals surface area (Å²) in [5.74, 6) is 0.520. The fraction of sp³-hybridized carbons (Fsp3) is 0.923. The van der Waals surface area contributed by atoms with E-state index in [1.165, 1.54) is 0 Å². The van der Waals surface area contributed by atoms with Gasteiger partial charge >= 0.3 is 0 Å². The molecular formula is C13H27N3O2. The largest absolute Gasteiger partial charge is 0.379 e. The Morgan fingerprint density at radius 1 is 1.50 bits per heavy atom. The minimum absolute atomic E-state index is 0.0874. The number of nitrogens with one attached hydrogen (secondary N) is 1. The van der Waals surface area contributed by atoms with Gasteiger partial charge in [-0.3, -0.25) is 4.79 Å². The van der Waals surface area contributed by atoms with E-state index in [1.54, 1.807) is 0 Å². The molecule has 1 heterocycles. The SMILES string of the molecule is CC(C)CC(CNC(=O)C1(N)CCOC1)N(C)C. The highest BCUT2D eigenvalue weighted by molar-refractivity contribution is 5.86. The number of carbonyl (C=O) groups excluding carboxylic acids is 1. The Labute approximate surface area is 110 Å². The lowest BCUT2D eigenvalue weighted by molar-refractivity contribution is -0.126. The quantitative estimate of drug-likeness (QED) is 0.713. The van der Waals surface area contributed by atoms with Gasteiger partial charge in [0.2, 0.25) is 5.91 Å². The summed E-state index contributed by atoms with van der Waals surface area (Å²) in [5.41, 5.74) is 5.19. The Balaban J connectivity index is 2.44. The molecule has 1 fully saturated rings. The summed E-state index contributed by atoms with van der Waals surface area (Å²) < 4.78 is 5.20. The third-order valence-electron chi connectivity index (χ3n) is 3.48. The monoisotopic (exact) mass is 257 g/mol. The van der Waals surface area contributed by atoms with Crippen molar-refractivity contribution in [1.82, 2.24) is 10.2 Å². The van der Waals surface area contributed by atoms with Crippen LogP contribution >= 0.6 is 0 Å². The molecule has 2 unspecified atom stereocenters. The summed E-state index contributed by atoms with van der Waals surface area (Å²) in [5, 5.41) is 2.97. The van der Waals surface area contributed by atoms with Crippen LogP contribution in [0.1, 0.15) is 26.7 Å². The predicted octanol–water partition coefficient (Wildman–Crippen LogP) is 0.197. The Hall–Kier alpha value is -0.650. The van der Waals surface area contributed by atoms with E-state index in [0.717, 1.165) is 6.42 Å². The van der Waals surface area contributed by atoms with E-state index in [4.69, 9.17) is 10.5 Å². The molecule has 5 nitrogen and oxygen atoms in total. The highest BCUT2D eigenvalue weighted by atomic mass is 16.5. The number of hydrogen-bond acceptors (Lipinski definition) is 4. The third-order valence-corrected chi connectivity index (χ3v) is 3.48. The molecule has 0 saturated carbocycles. The predicted molar refractivity (Wildman–Crippen MR) is 72.3 cm³/mol. The lowest BCUT2D eigenvalue weighted by atomic mass is 9.98. The molecule has 1 aliphatic heterocycles. The number of amides is 1. The zero-order valence-corrected chi connectivity index (χ0v) is 12.0. The minimum atomic E-state index is -0.825. The Morgan fingerprint density at radius 2 is 2.17 bits per heavy atom. The van der Waals surface area contributed by atoms with Crippen molar-refractivity contribution in [2.45, 2.75) is 38.3 Å². The van der Waals surface area contributed by atoms with Gasteiger partial charge in [-0.25, -0.2) is 0 Å². The number of likely N-dealkylation sites (N-methyl/N-ethyl adjacent to an activating group) is 1. The van der Waals surface area contributed by atoms with Crippen molar-refractivity contribution in [1.29, 1.82) is 0 Å². The molecule has 1 aliphatic rings. The van der Waals surface area contributed by atoms with Crippen LogP contribution in [0.25, 0.3) is 0 Å². The lowest BCUT2D eigenvalue weighted by Crippen LogP contribution is -2.56. The normalized spacial score (nSPS) is 25.7. The Bertz CT molecular complexity index is 273. The fourth-order valence-corrected chi connectivity index (χ4v) is 2.17. The topological polar surface area (TPSA) is 67.6 Å². The van der Waals surface area contributed by atoms with Gasteiger partial charge in [-0.1, -0.05) is 13.8 Å². The number of nitrogens with zero attached hydrogens (tertiary/aromatic N) is 1. The second-order valence-electron chi connectivity index (χ2n) is 5.92. The van der Waals surface area contributed by atoms with Gasteiger partial charge in [0.15, 0.2) is 0 Å². The molecule has 1 saturated heterocycles.